The number of ether oxygens (including phenoxy) is 1. The maximum absolute atomic E-state index is 13.2. The van der Waals surface area contributed by atoms with Crippen LogP contribution in [0.25, 0.3) is 0 Å². The van der Waals surface area contributed by atoms with Gasteiger partial charge in [-0.1, -0.05) is 0 Å². The Bertz CT molecular complexity index is 172. The second kappa shape index (κ2) is 2.92. The van der Waals surface area contributed by atoms with E-state index in [1.165, 1.54) is 0 Å². The van der Waals surface area contributed by atoms with E-state index in [0.29, 0.717) is 19.6 Å². The van der Waals surface area contributed by atoms with Gasteiger partial charge in [0.05, 0.1) is 6.61 Å². The van der Waals surface area contributed by atoms with Gasteiger partial charge in [0.2, 0.25) is 0 Å². The van der Waals surface area contributed by atoms with Crippen molar-refractivity contribution in [1.29, 1.82) is 0 Å². The molecule has 0 amide bonds. The predicted molar refractivity (Wildman–Crippen MR) is 40.3 cm³/mol. The predicted octanol–water partition coefficient (Wildman–Crippen LogP) is 1.16. The average Bonchev–Trinajstić information content (AvgIpc) is 2.04. The van der Waals surface area contributed by atoms with Crippen molar-refractivity contribution in [3.05, 3.63) is 0 Å². The molecule has 0 aromatic carbocycles. The summed E-state index contributed by atoms with van der Waals surface area (Å²) in [6.07, 6.45) is 0.528. The van der Waals surface area contributed by atoms with E-state index in [2.05, 4.69) is 5.32 Å². The first-order valence-corrected chi connectivity index (χ1v) is 4.43. The maximum Gasteiger partial charge on any atom is 0.275 e. The second-order valence-corrected chi connectivity index (χ2v) is 3.51. The molecule has 0 aromatic rings. The van der Waals surface area contributed by atoms with Gasteiger partial charge in [-0.05, 0) is 12.8 Å². The third-order valence-electron chi connectivity index (χ3n) is 2.61. The highest BCUT2D eigenvalue weighted by atomic mass is 19.3. The number of alkyl halides is 2. The van der Waals surface area contributed by atoms with Crippen LogP contribution in [0.3, 0.4) is 0 Å². The molecule has 0 spiro atoms. The van der Waals surface area contributed by atoms with Gasteiger partial charge in [-0.2, -0.15) is 0 Å². The number of fused-ring (bicyclic) bond motifs is 1. The lowest BCUT2D eigenvalue weighted by Crippen LogP contribution is -2.58. The number of halogens is 2. The zero-order chi connectivity index (χ0) is 8.60. The van der Waals surface area contributed by atoms with E-state index in [4.69, 9.17) is 4.74 Å². The number of rotatable bonds is 0. The quantitative estimate of drug-likeness (QED) is 0.599. The van der Waals surface area contributed by atoms with Crippen LogP contribution in [0, 0.1) is 0 Å². The maximum atomic E-state index is 13.2. The molecule has 12 heavy (non-hydrogen) atoms. The van der Waals surface area contributed by atoms with E-state index >= 15 is 0 Å². The van der Waals surface area contributed by atoms with Gasteiger partial charge in [0.15, 0.2) is 0 Å². The van der Waals surface area contributed by atoms with E-state index in [1.54, 1.807) is 0 Å². The Labute approximate surface area is 70.3 Å². The Hall–Kier alpha value is -0.220. The van der Waals surface area contributed by atoms with Crippen molar-refractivity contribution in [2.75, 3.05) is 13.2 Å². The first kappa shape index (κ1) is 8.38. The van der Waals surface area contributed by atoms with Crippen LogP contribution in [0.15, 0.2) is 0 Å². The van der Waals surface area contributed by atoms with Crippen molar-refractivity contribution in [2.24, 2.45) is 0 Å². The molecule has 4 heteroatoms. The van der Waals surface area contributed by atoms with Crippen molar-refractivity contribution in [3.8, 4) is 0 Å². The van der Waals surface area contributed by atoms with E-state index in [-0.39, 0.29) is 12.5 Å². The van der Waals surface area contributed by atoms with Gasteiger partial charge in [-0.3, -0.25) is 0 Å². The van der Waals surface area contributed by atoms with E-state index < -0.39 is 12.0 Å². The molecule has 0 radical (unpaired) electrons. The summed E-state index contributed by atoms with van der Waals surface area (Å²) in [6, 6.07) is -0.123. The average molecular weight is 177 g/mol. The fraction of sp³-hybridized carbons (Fsp3) is 1.00. The summed E-state index contributed by atoms with van der Waals surface area (Å²) in [5.74, 6) is -2.61. The first-order chi connectivity index (χ1) is 5.70. The van der Waals surface area contributed by atoms with Crippen molar-refractivity contribution in [3.63, 3.8) is 0 Å². The second-order valence-electron chi connectivity index (χ2n) is 3.51. The van der Waals surface area contributed by atoms with E-state index in [1.807, 2.05) is 0 Å². The number of morpholine rings is 1. The van der Waals surface area contributed by atoms with Crippen LogP contribution in [0.4, 0.5) is 8.78 Å². The van der Waals surface area contributed by atoms with Crippen LogP contribution in [-0.4, -0.2) is 31.2 Å². The minimum Gasteiger partial charge on any atom is -0.369 e. The van der Waals surface area contributed by atoms with Gasteiger partial charge in [0.1, 0.15) is 6.10 Å². The minimum absolute atomic E-state index is 0.0180. The zero-order valence-electron chi connectivity index (χ0n) is 6.85. The van der Waals surface area contributed by atoms with Gasteiger partial charge < -0.3 is 10.1 Å². The molecule has 0 bridgehead atoms. The normalized spacial score (nSPS) is 40.5. The van der Waals surface area contributed by atoms with Crippen LogP contribution in [-0.2, 0) is 4.74 Å². The van der Waals surface area contributed by atoms with Crippen molar-refractivity contribution >= 4 is 0 Å². The molecule has 0 aromatic heterocycles. The van der Waals surface area contributed by atoms with Gasteiger partial charge in [0, 0.05) is 19.0 Å². The molecule has 2 rings (SSSR count). The van der Waals surface area contributed by atoms with Gasteiger partial charge in [-0.15, -0.1) is 0 Å². The zero-order valence-corrected chi connectivity index (χ0v) is 6.85. The molecule has 70 valence electrons. The van der Waals surface area contributed by atoms with Crippen LogP contribution >= 0.6 is 0 Å². The monoisotopic (exact) mass is 177 g/mol. The van der Waals surface area contributed by atoms with Crippen LogP contribution < -0.4 is 5.32 Å². The molecule has 1 aliphatic carbocycles. The molecule has 2 fully saturated rings. The van der Waals surface area contributed by atoms with Crippen molar-refractivity contribution in [2.45, 2.75) is 37.3 Å². The Morgan fingerprint density at radius 1 is 1.42 bits per heavy atom. The summed E-state index contributed by atoms with van der Waals surface area (Å²) < 4.78 is 31.4. The molecule has 1 saturated carbocycles. The SMILES string of the molecule is FC1(F)CCCC2NCCOC21. The Balaban J connectivity index is 2.09. The molecule has 2 nitrogen and oxygen atoms in total. The summed E-state index contributed by atoms with van der Waals surface area (Å²) in [4.78, 5) is 0. The molecule has 1 heterocycles. The largest absolute Gasteiger partial charge is 0.369 e. The van der Waals surface area contributed by atoms with E-state index in [9.17, 15) is 8.78 Å². The number of hydrogen-bond donors (Lipinski definition) is 1. The molecule has 1 aliphatic heterocycles. The van der Waals surface area contributed by atoms with Crippen LogP contribution in [0.2, 0.25) is 0 Å². The fourth-order valence-electron chi connectivity index (χ4n) is 2.02. The van der Waals surface area contributed by atoms with Gasteiger partial charge in [-0.25, -0.2) is 8.78 Å². The summed E-state index contributed by atoms with van der Waals surface area (Å²) in [6.45, 7) is 1.12. The van der Waals surface area contributed by atoms with Crippen LogP contribution in [0.1, 0.15) is 19.3 Å². The van der Waals surface area contributed by atoms with Gasteiger partial charge in [0.25, 0.3) is 5.92 Å². The summed E-state index contributed by atoms with van der Waals surface area (Å²) in [7, 11) is 0. The Morgan fingerprint density at radius 3 is 3.00 bits per heavy atom. The van der Waals surface area contributed by atoms with Crippen LogP contribution in [0.5, 0.6) is 0 Å². The third kappa shape index (κ3) is 1.33. The van der Waals surface area contributed by atoms with Crippen molar-refractivity contribution < 1.29 is 13.5 Å². The highest BCUT2D eigenvalue weighted by Gasteiger charge is 2.48. The lowest BCUT2D eigenvalue weighted by atomic mass is 9.88. The Morgan fingerprint density at radius 2 is 2.25 bits per heavy atom. The Kier molecular flexibility index (Phi) is 2.04. The molecular weight excluding hydrogens is 164 g/mol. The fourth-order valence-corrected chi connectivity index (χ4v) is 2.02. The summed E-state index contributed by atoms with van der Waals surface area (Å²) in [5, 5.41) is 3.07. The van der Waals surface area contributed by atoms with Crippen molar-refractivity contribution in [1.82, 2.24) is 5.32 Å². The van der Waals surface area contributed by atoms with Gasteiger partial charge >= 0.3 is 0 Å². The van der Waals surface area contributed by atoms with E-state index in [0.717, 1.165) is 6.42 Å². The summed E-state index contributed by atoms with van der Waals surface area (Å²) in [5.41, 5.74) is 0. The summed E-state index contributed by atoms with van der Waals surface area (Å²) >= 11 is 0. The first-order valence-electron chi connectivity index (χ1n) is 4.43. The molecule has 1 saturated heterocycles. The highest BCUT2D eigenvalue weighted by molar-refractivity contribution is 4.94. The standard InChI is InChI=1S/C8H13F2NO/c9-8(10)3-1-2-6-7(8)12-5-4-11-6/h6-7,11H,1-5H2. The number of hydrogen-bond acceptors (Lipinski definition) is 2. The topological polar surface area (TPSA) is 21.3 Å². The third-order valence-corrected chi connectivity index (χ3v) is 2.61. The number of nitrogens with one attached hydrogen (secondary N) is 1. The molecule has 2 aliphatic rings. The highest BCUT2D eigenvalue weighted by Crippen LogP contribution is 2.36. The molecule has 2 unspecified atom stereocenters. The lowest BCUT2D eigenvalue weighted by molar-refractivity contribution is -0.181. The molecule has 1 N–H and O–H groups in total. The molecule has 2 atom stereocenters. The lowest BCUT2D eigenvalue weighted by Gasteiger charge is -2.41. The smallest absolute Gasteiger partial charge is 0.275 e. The minimum atomic E-state index is -2.61. The molecular formula is C8H13F2NO.